The van der Waals surface area contributed by atoms with Crippen molar-refractivity contribution in [2.24, 2.45) is 5.73 Å². The molecule has 0 radical (unpaired) electrons. The highest BCUT2D eigenvalue weighted by Crippen LogP contribution is 2.21. The summed E-state index contributed by atoms with van der Waals surface area (Å²) in [5.41, 5.74) is 7.74. The number of nitrogens with zero attached hydrogens (tertiary/aromatic N) is 2. The van der Waals surface area contributed by atoms with Gasteiger partial charge in [0.2, 0.25) is 11.8 Å². The smallest absolute Gasteiger partial charge is 0.258 e. The van der Waals surface area contributed by atoms with E-state index in [1.807, 2.05) is 36.4 Å². The zero-order valence-electron chi connectivity index (χ0n) is 17.8. The molecule has 4 rings (SSSR count). The minimum Gasteiger partial charge on any atom is -0.368 e. The molecule has 32 heavy (non-hydrogen) atoms. The number of rotatable bonds is 8. The van der Waals surface area contributed by atoms with Crippen LogP contribution in [0, 0.1) is 0 Å². The monoisotopic (exact) mass is 433 g/mol. The number of carbonyl (C=O) groups is 2. The third-order valence-electron chi connectivity index (χ3n) is 5.77. The van der Waals surface area contributed by atoms with E-state index in [1.54, 1.807) is 12.1 Å². The molecule has 1 atom stereocenters. The van der Waals surface area contributed by atoms with Crippen molar-refractivity contribution in [2.75, 3.05) is 11.9 Å². The Morgan fingerprint density at radius 2 is 2.03 bits per heavy atom. The fraction of sp³-hybridized carbons (Fsp3) is 0.333. The molecule has 4 N–H and O–H groups in total. The van der Waals surface area contributed by atoms with Crippen LogP contribution < -0.4 is 16.6 Å². The quantitative estimate of drug-likeness (QED) is 0.503. The van der Waals surface area contributed by atoms with E-state index in [-0.39, 0.29) is 23.4 Å². The van der Waals surface area contributed by atoms with E-state index in [9.17, 15) is 14.4 Å². The van der Waals surface area contributed by atoms with Crippen LogP contribution in [0.2, 0.25) is 0 Å². The molecule has 0 bridgehead atoms. The predicted octanol–water partition coefficient (Wildman–Crippen LogP) is 2.33. The third-order valence-corrected chi connectivity index (χ3v) is 5.77. The summed E-state index contributed by atoms with van der Waals surface area (Å²) in [5.74, 6) is 0.203. The second kappa shape index (κ2) is 9.74. The zero-order valence-corrected chi connectivity index (χ0v) is 17.8. The first-order chi connectivity index (χ1) is 15.5. The second-order valence-corrected chi connectivity index (χ2v) is 8.16. The van der Waals surface area contributed by atoms with E-state index < -0.39 is 0 Å². The number of nitrogens with two attached hydrogens (primary N) is 1. The van der Waals surface area contributed by atoms with E-state index in [4.69, 9.17) is 5.73 Å². The molecule has 8 nitrogen and oxygen atoms in total. The highest BCUT2D eigenvalue weighted by atomic mass is 16.2. The van der Waals surface area contributed by atoms with Crippen molar-refractivity contribution < 1.29 is 9.59 Å². The SMILES string of the molecule is NC(=O)C1CCCN1Cc1cccc(NC(=O)CCCc2nc3ccccc3c(=O)[nH]2)c1. The minimum atomic E-state index is -0.283. The van der Waals surface area contributed by atoms with Crippen LogP contribution in [0.5, 0.6) is 0 Å². The van der Waals surface area contributed by atoms with Crippen LogP contribution in [0.1, 0.15) is 37.1 Å². The molecule has 0 saturated carbocycles. The number of aromatic amines is 1. The number of amides is 2. The summed E-state index contributed by atoms with van der Waals surface area (Å²) in [4.78, 5) is 45.5. The zero-order chi connectivity index (χ0) is 22.5. The number of likely N-dealkylation sites (tertiary alicyclic amines) is 1. The maximum Gasteiger partial charge on any atom is 0.258 e. The Kier molecular flexibility index (Phi) is 6.61. The van der Waals surface area contributed by atoms with Crippen LogP contribution >= 0.6 is 0 Å². The molecule has 2 amide bonds. The van der Waals surface area contributed by atoms with E-state index in [0.717, 1.165) is 30.6 Å². The number of carbonyl (C=O) groups excluding carboxylic acids is 2. The van der Waals surface area contributed by atoms with E-state index in [2.05, 4.69) is 20.2 Å². The number of hydrogen-bond donors (Lipinski definition) is 3. The van der Waals surface area contributed by atoms with Gasteiger partial charge in [0.25, 0.3) is 5.56 Å². The van der Waals surface area contributed by atoms with Crippen LogP contribution in [0.15, 0.2) is 53.3 Å². The fourth-order valence-electron chi connectivity index (χ4n) is 4.21. The number of anilines is 1. The van der Waals surface area contributed by atoms with E-state index >= 15 is 0 Å². The molecule has 1 aromatic heterocycles. The van der Waals surface area contributed by atoms with E-state index in [1.165, 1.54) is 0 Å². The molecule has 1 saturated heterocycles. The number of H-pyrrole nitrogens is 1. The molecule has 1 aliphatic rings. The molecular weight excluding hydrogens is 406 g/mol. The minimum absolute atomic E-state index is 0.0959. The van der Waals surface area contributed by atoms with Gasteiger partial charge in [-0.15, -0.1) is 0 Å². The van der Waals surface area contributed by atoms with Gasteiger partial charge < -0.3 is 16.0 Å². The number of primary amides is 1. The van der Waals surface area contributed by atoms with Crippen molar-refractivity contribution in [3.8, 4) is 0 Å². The second-order valence-electron chi connectivity index (χ2n) is 8.16. The van der Waals surface area contributed by atoms with Gasteiger partial charge in [-0.05, 0) is 55.6 Å². The van der Waals surface area contributed by atoms with Crippen molar-refractivity contribution in [1.82, 2.24) is 14.9 Å². The van der Waals surface area contributed by atoms with Gasteiger partial charge in [-0.2, -0.15) is 0 Å². The Bertz CT molecular complexity index is 1190. The summed E-state index contributed by atoms with van der Waals surface area (Å²) in [6.45, 7) is 1.47. The van der Waals surface area contributed by atoms with Crippen molar-refractivity contribution in [2.45, 2.75) is 44.7 Å². The Balaban J connectivity index is 1.30. The lowest BCUT2D eigenvalue weighted by atomic mass is 10.1. The van der Waals surface area contributed by atoms with Crippen LogP contribution in [-0.4, -0.2) is 39.3 Å². The summed E-state index contributed by atoms with van der Waals surface area (Å²) in [6.07, 6.45) is 3.15. The molecule has 1 fully saturated rings. The highest BCUT2D eigenvalue weighted by molar-refractivity contribution is 5.90. The largest absolute Gasteiger partial charge is 0.368 e. The summed E-state index contributed by atoms with van der Waals surface area (Å²) < 4.78 is 0. The lowest BCUT2D eigenvalue weighted by molar-refractivity contribution is -0.122. The average Bonchev–Trinajstić information content (AvgIpc) is 3.22. The van der Waals surface area contributed by atoms with Gasteiger partial charge in [-0.25, -0.2) is 4.98 Å². The normalized spacial score (nSPS) is 16.3. The molecule has 166 valence electrons. The van der Waals surface area contributed by atoms with Crippen molar-refractivity contribution in [1.29, 1.82) is 0 Å². The molecule has 2 aromatic carbocycles. The summed E-state index contributed by atoms with van der Waals surface area (Å²) in [6, 6.07) is 14.6. The lowest BCUT2D eigenvalue weighted by Gasteiger charge is -2.22. The van der Waals surface area contributed by atoms with Gasteiger partial charge in [-0.3, -0.25) is 19.3 Å². The Morgan fingerprint density at radius 1 is 1.19 bits per heavy atom. The number of aryl methyl sites for hydroxylation is 1. The first kappa shape index (κ1) is 21.7. The maximum atomic E-state index is 12.4. The standard InChI is InChI=1S/C24H27N5O3/c25-23(31)20-10-5-13-29(20)15-16-6-3-7-17(14-16)26-22(30)12-4-11-21-27-19-9-2-1-8-18(19)24(32)28-21/h1-3,6-9,14,20H,4-5,10-13,15H2,(H2,25,31)(H,26,30)(H,27,28,32). The summed E-state index contributed by atoms with van der Waals surface area (Å²) in [7, 11) is 0. The van der Waals surface area contributed by atoms with Crippen LogP contribution in [0.3, 0.4) is 0 Å². The Hall–Kier alpha value is -3.52. The number of fused-ring (bicyclic) bond motifs is 1. The van der Waals surface area contributed by atoms with Gasteiger partial charge in [0.15, 0.2) is 0 Å². The number of nitrogens with one attached hydrogen (secondary N) is 2. The molecule has 3 aromatic rings. The molecule has 2 heterocycles. The molecule has 8 heteroatoms. The first-order valence-electron chi connectivity index (χ1n) is 10.9. The lowest BCUT2D eigenvalue weighted by Crippen LogP contribution is -2.39. The molecule has 0 aliphatic carbocycles. The Morgan fingerprint density at radius 3 is 2.88 bits per heavy atom. The maximum absolute atomic E-state index is 12.4. The van der Waals surface area contributed by atoms with Crippen molar-refractivity contribution in [3.05, 3.63) is 70.3 Å². The molecule has 1 unspecified atom stereocenters. The van der Waals surface area contributed by atoms with Crippen LogP contribution in [0.4, 0.5) is 5.69 Å². The van der Waals surface area contributed by atoms with Crippen LogP contribution in [-0.2, 0) is 22.6 Å². The topological polar surface area (TPSA) is 121 Å². The number of hydrogen-bond acceptors (Lipinski definition) is 5. The molecule has 0 spiro atoms. The highest BCUT2D eigenvalue weighted by Gasteiger charge is 2.28. The summed E-state index contributed by atoms with van der Waals surface area (Å²) >= 11 is 0. The van der Waals surface area contributed by atoms with Gasteiger partial charge in [0.05, 0.1) is 16.9 Å². The fourth-order valence-corrected chi connectivity index (χ4v) is 4.21. The van der Waals surface area contributed by atoms with Gasteiger partial charge in [0, 0.05) is 25.1 Å². The van der Waals surface area contributed by atoms with Gasteiger partial charge in [0.1, 0.15) is 5.82 Å². The third kappa shape index (κ3) is 5.20. The van der Waals surface area contributed by atoms with Crippen molar-refractivity contribution in [3.63, 3.8) is 0 Å². The average molecular weight is 434 g/mol. The first-order valence-corrected chi connectivity index (χ1v) is 10.9. The van der Waals surface area contributed by atoms with Gasteiger partial charge in [-0.1, -0.05) is 24.3 Å². The number of benzene rings is 2. The number of para-hydroxylation sites is 1. The van der Waals surface area contributed by atoms with Crippen molar-refractivity contribution >= 4 is 28.4 Å². The number of aromatic nitrogens is 2. The van der Waals surface area contributed by atoms with E-state index in [0.29, 0.717) is 42.5 Å². The van der Waals surface area contributed by atoms with Crippen LogP contribution in [0.25, 0.3) is 10.9 Å². The molecule has 1 aliphatic heterocycles. The Labute approximate surface area is 185 Å². The summed E-state index contributed by atoms with van der Waals surface area (Å²) in [5, 5.41) is 3.49. The van der Waals surface area contributed by atoms with Gasteiger partial charge >= 0.3 is 0 Å². The molecular formula is C24H27N5O3. The predicted molar refractivity (Wildman–Crippen MR) is 123 cm³/mol.